The molecule has 0 saturated heterocycles. The lowest BCUT2D eigenvalue weighted by Crippen LogP contribution is -2.06. The Bertz CT molecular complexity index is 967. The molecule has 0 unspecified atom stereocenters. The van der Waals surface area contributed by atoms with Crippen molar-refractivity contribution in [1.29, 1.82) is 0 Å². The van der Waals surface area contributed by atoms with Crippen LogP contribution in [0.4, 0.5) is 0 Å². The third-order valence-corrected chi connectivity index (χ3v) is 4.44. The van der Waals surface area contributed by atoms with Crippen LogP contribution in [-0.2, 0) is 18.0 Å². The number of hydrogen-bond donors (Lipinski definition) is 0. The molecule has 0 spiro atoms. The SMILES string of the molecule is COC(=O)c1cc(OC)c(OCc2ccccc2)c(OCc2ccc(OC)cc2)c1. The highest BCUT2D eigenvalue weighted by atomic mass is 16.5. The number of hydrogen-bond acceptors (Lipinski definition) is 6. The zero-order chi connectivity index (χ0) is 21.3. The molecule has 30 heavy (non-hydrogen) atoms. The molecule has 156 valence electrons. The van der Waals surface area contributed by atoms with Crippen LogP contribution in [-0.4, -0.2) is 27.3 Å². The molecular formula is C24H24O6. The van der Waals surface area contributed by atoms with Gasteiger partial charge < -0.3 is 23.7 Å². The van der Waals surface area contributed by atoms with Crippen LogP contribution in [0.1, 0.15) is 21.5 Å². The van der Waals surface area contributed by atoms with E-state index in [4.69, 9.17) is 23.7 Å². The van der Waals surface area contributed by atoms with Gasteiger partial charge in [0.2, 0.25) is 5.75 Å². The zero-order valence-corrected chi connectivity index (χ0v) is 17.2. The number of rotatable bonds is 9. The van der Waals surface area contributed by atoms with E-state index in [0.717, 1.165) is 16.9 Å². The van der Waals surface area contributed by atoms with Crippen LogP contribution in [0.2, 0.25) is 0 Å². The van der Waals surface area contributed by atoms with E-state index in [1.807, 2.05) is 54.6 Å². The van der Waals surface area contributed by atoms with E-state index in [1.54, 1.807) is 19.2 Å². The van der Waals surface area contributed by atoms with Crippen LogP contribution in [0.3, 0.4) is 0 Å². The molecule has 0 aliphatic heterocycles. The summed E-state index contributed by atoms with van der Waals surface area (Å²) in [6.07, 6.45) is 0. The quantitative estimate of drug-likeness (QED) is 0.481. The molecule has 0 atom stereocenters. The normalized spacial score (nSPS) is 10.2. The summed E-state index contributed by atoms with van der Waals surface area (Å²) in [5.41, 5.74) is 2.25. The predicted molar refractivity (Wildman–Crippen MR) is 112 cm³/mol. The van der Waals surface area contributed by atoms with Gasteiger partial charge in [-0.25, -0.2) is 4.79 Å². The van der Waals surface area contributed by atoms with Crippen LogP contribution in [0, 0.1) is 0 Å². The summed E-state index contributed by atoms with van der Waals surface area (Å²) in [4.78, 5) is 12.1. The molecule has 0 radical (unpaired) electrons. The minimum Gasteiger partial charge on any atom is -0.497 e. The predicted octanol–water partition coefficient (Wildman–Crippen LogP) is 4.65. The first kappa shape index (κ1) is 21.0. The van der Waals surface area contributed by atoms with E-state index >= 15 is 0 Å². The van der Waals surface area contributed by atoms with Crippen molar-refractivity contribution in [2.75, 3.05) is 21.3 Å². The van der Waals surface area contributed by atoms with Crippen LogP contribution in [0.25, 0.3) is 0 Å². The third kappa shape index (κ3) is 5.23. The smallest absolute Gasteiger partial charge is 0.338 e. The second-order valence-electron chi connectivity index (χ2n) is 6.41. The minimum atomic E-state index is -0.489. The summed E-state index contributed by atoms with van der Waals surface area (Å²) in [7, 11) is 4.46. The average Bonchev–Trinajstić information content (AvgIpc) is 2.81. The van der Waals surface area contributed by atoms with Gasteiger partial charge in [0.05, 0.1) is 26.9 Å². The topological polar surface area (TPSA) is 63.2 Å². The second kappa shape index (κ2) is 10.2. The number of carbonyl (C=O) groups is 1. The fourth-order valence-corrected chi connectivity index (χ4v) is 2.83. The van der Waals surface area contributed by atoms with E-state index in [2.05, 4.69) is 0 Å². The van der Waals surface area contributed by atoms with Crippen molar-refractivity contribution < 1.29 is 28.5 Å². The average molecular weight is 408 g/mol. The van der Waals surface area contributed by atoms with Crippen molar-refractivity contribution in [3.63, 3.8) is 0 Å². The molecule has 3 aromatic rings. The van der Waals surface area contributed by atoms with Gasteiger partial charge in [0.15, 0.2) is 11.5 Å². The van der Waals surface area contributed by atoms with Crippen molar-refractivity contribution in [2.45, 2.75) is 13.2 Å². The van der Waals surface area contributed by atoms with Gasteiger partial charge in [-0.05, 0) is 35.4 Å². The van der Waals surface area contributed by atoms with Crippen LogP contribution in [0.15, 0.2) is 66.7 Å². The summed E-state index contributed by atoms with van der Waals surface area (Å²) in [6.45, 7) is 0.604. The Labute approximate surface area is 175 Å². The molecule has 0 N–H and O–H groups in total. The van der Waals surface area contributed by atoms with Crippen LogP contribution < -0.4 is 18.9 Å². The molecule has 3 aromatic carbocycles. The van der Waals surface area contributed by atoms with Gasteiger partial charge >= 0.3 is 5.97 Å². The molecule has 6 heteroatoms. The van der Waals surface area contributed by atoms with Crippen LogP contribution >= 0.6 is 0 Å². The van der Waals surface area contributed by atoms with Gasteiger partial charge in [0.25, 0.3) is 0 Å². The second-order valence-corrected chi connectivity index (χ2v) is 6.41. The number of carbonyl (C=O) groups excluding carboxylic acids is 1. The van der Waals surface area contributed by atoms with E-state index in [0.29, 0.717) is 29.4 Å². The first-order valence-electron chi connectivity index (χ1n) is 9.37. The molecular weight excluding hydrogens is 384 g/mol. The van der Waals surface area contributed by atoms with Gasteiger partial charge in [0, 0.05) is 0 Å². The lowest BCUT2D eigenvalue weighted by Gasteiger charge is -2.17. The Morgan fingerprint density at radius 1 is 0.733 bits per heavy atom. The first-order chi connectivity index (χ1) is 14.6. The van der Waals surface area contributed by atoms with E-state index < -0.39 is 5.97 Å². The number of benzene rings is 3. The summed E-state index contributed by atoms with van der Waals surface area (Å²) in [5.74, 6) is 1.47. The largest absolute Gasteiger partial charge is 0.497 e. The molecule has 0 aliphatic rings. The number of ether oxygens (including phenoxy) is 5. The van der Waals surface area contributed by atoms with E-state index in [-0.39, 0.29) is 6.61 Å². The Hall–Kier alpha value is -3.67. The fraction of sp³-hybridized carbons (Fsp3) is 0.208. The monoisotopic (exact) mass is 408 g/mol. The molecule has 0 aliphatic carbocycles. The maximum Gasteiger partial charge on any atom is 0.338 e. The van der Waals surface area contributed by atoms with Crippen molar-refractivity contribution in [1.82, 2.24) is 0 Å². The summed E-state index contributed by atoms with van der Waals surface area (Å²) < 4.78 is 27.5. The molecule has 6 nitrogen and oxygen atoms in total. The third-order valence-electron chi connectivity index (χ3n) is 4.44. The highest BCUT2D eigenvalue weighted by Gasteiger charge is 2.19. The lowest BCUT2D eigenvalue weighted by molar-refractivity contribution is 0.0599. The molecule has 3 rings (SSSR count). The van der Waals surface area contributed by atoms with Gasteiger partial charge in [-0.1, -0.05) is 42.5 Å². The lowest BCUT2D eigenvalue weighted by atomic mass is 10.1. The van der Waals surface area contributed by atoms with Crippen molar-refractivity contribution in [2.24, 2.45) is 0 Å². The highest BCUT2D eigenvalue weighted by molar-refractivity contribution is 5.91. The fourth-order valence-electron chi connectivity index (χ4n) is 2.83. The summed E-state index contributed by atoms with van der Waals surface area (Å²) >= 11 is 0. The molecule has 0 saturated carbocycles. The number of methoxy groups -OCH3 is 3. The Kier molecular flexibility index (Phi) is 7.16. The van der Waals surface area contributed by atoms with Gasteiger partial charge in [-0.3, -0.25) is 0 Å². The van der Waals surface area contributed by atoms with Gasteiger partial charge in [0.1, 0.15) is 19.0 Å². The highest BCUT2D eigenvalue weighted by Crippen LogP contribution is 2.40. The minimum absolute atomic E-state index is 0.277. The van der Waals surface area contributed by atoms with Gasteiger partial charge in [-0.15, -0.1) is 0 Å². The Morgan fingerprint density at radius 2 is 1.37 bits per heavy atom. The maximum absolute atomic E-state index is 12.1. The van der Waals surface area contributed by atoms with E-state index in [9.17, 15) is 4.79 Å². The first-order valence-corrected chi connectivity index (χ1v) is 9.37. The van der Waals surface area contributed by atoms with Crippen molar-refractivity contribution >= 4 is 5.97 Å². The molecule has 0 amide bonds. The van der Waals surface area contributed by atoms with Crippen LogP contribution in [0.5, 0.6) is 23.0 Å². The molecule has 0 bridgehead atoms. The zero-order valence-electron chi connectivity index (χ0n) is 17.2. The van der Waals surface area contributed by atoms with Gasteiger partial charge in [-0.2, -0.15) is 0 Å². The number of esters is 1. The molecule has 0 fully saturated rings. The standard InChI is InChI=1S/C24H24O6/c1-26-20-11-9-18(10-12-20)15-29-22-14-19(24(25)28-3)13-21(27-2)23(22)30-16-17-7-5-4-6-8-17/h4-14H,15-16H2,1-3H3. The van der Waals surface area contributed by atoms with Crippen molar-refractivity contribution in [3.05, 3.63) is 83.4 Å². The summed E-state index contributed by atoms with van der Waals surface area (Å²) in [5, 5.41) is 0. The molecule has 0 aromatic heterocycles. The Balaban J connectivity index is 1.88. The van der Waals surface area contributed by atoms with Crippen molar-refractivity contribution in [3.8, 4) is 23.0 Å². The van der Waals surface area contributed by atoms with E-state index in [1.165, 1.54) is 14.2 Å². The summed E-state index contributed by atoms with van der Waals surface area (Å²) in [6, 6.07) is 20.5. The maximum atomic E-state index is 12.1. The molecule has 0 heterocycles. The Morgan fingerprint density at radius 3 is 2.00 bits per heavy atom.